The van der Waals surface area contributed by atoms with Crippen molar-refractivity contribution in [1.82, 2.24) is 0 Å². The van der Waals surface area contributed by atoms with Crippen molar-refractivity contribution in [3.05, 3.63) is 0 Å². The lowest BCUT2D eigenvalue weighted by atomic mass is 10.7. The van der Waals surface area contributed by atoms with Crippen LogP contribution < -0.4 is 0 Å². The number of isothiocyanates is 1. The van der Waals surface area contributed by atoms with E-state index in [4.69, 9.17) is 16.7 Å². The summed E-state index contributed by atoms with van der Waals surface area (Å²) in [4.78, 5) is 12.8. The van der Waals surface area contributed by atoms with Gasteiger partial charge in [0, 0.05) is 0 Å². The van der Waals surface area contributed by atoms with E-state index in [1.165, 1.54) is 0 Å². The molecule has 0 aromatic heterocycles. The van der Waals surface area contributed by atoms with E-state index in [-0.39, 0.29) is 0 Å². The molecule has 1 atom stereocenters. The molecule has 0 aliphatic rings. The molecule has 0 spiro atoms. The summed E-state index contributed by atoms with van der Waals surface area (Å²) in [7, 11) is 0. The first-order chi connectivity index (χ1) is 3.68. The molecule has 1 unspecified atom stereocenters. The van der Waals surface area contributed by atoms with Crippen LogP contribution in [-0.2, 0) is 4.79 Å². The molecule has 0 aromatic rings. The van der Waals surface area contributed by atoms with Crippen molar-refractivity contribution in [2.45, 2.75) is 5.50 Å². The fourth-order valence-electron chi connectivity index (χ4n) is 0.101. The number of aliphatic carboxylic acids is 1. The second kappa shape index (κ2) is 3.55. The molecular weight excluding hydrogens is 150 g/mol. The number of carboxylic acid groups (broad SMARTS) is 1. The van der Waals surface area contributed by atoms with E-state index in [0.29, 0.717) is 0 Å². The Labute approximate surface area is 56.0 Å². The Bertz CT molecular complexity index is 140. The maximum Gasteiger partial charge on any atom is 0.344 e. The average molecular weight is 152 g/mol. The zero-order valence-corrected chi connectivity index (χ0v) is 5.24. The number of aliphatic imine (C=N–C) groups is 1. The molecular formula is C3H2ClNO2S. The van der Waals surface area contributed by atoms with E-state index in [0.717, 1.165) is 0 Å². The molecule has 0 saturated carbocycles. The van der Waals surface area contributed by atoms with Crippen LogP contribution in [0.2, 0.25) is 0 Å². The average Bonchev–Trinajstić information content (AvgIpc) is 1.67. The summed E-state index contributed by atoms with van der Waals surface area (Å²) in [5.74, 6) is -1.22. The molecule has 44 valence electrons. The maximum absolute atomic E-state index is 9.78. The molecule has 0 aliphatic carbocycles. The third-order valence-corrected chi connectivity index (χ3v) is 0.760. The summed E-state index contributed by atoms with van der Waals surface area (Å²) in [5, 5.41) is 9.85. The predicted molar refractivity (Wildman–Crippen MR) is 32.3 cm³/mol. The monoisotopic (exact) mass is 151 g/mol. The third kappa shape index (κ3) is 2.69. The van der Waals surface area contributed by atoms with Crippen molar-refractivity contribution >= 4 is 34.9 Å². The van der Waals surface area contributed by atoms with Gasteiger partial charge in [-0.15, -0.1) is 0 Å². The van der Waals surface area contributed by atoms with E-state index in [1.54, 1.807) is 0 Å². The van der Waals surface area contributed by atoms with Gasteiger partial charge in [0.2, 0.25) is 5.50 Å². The van der Waals surface area contributed by atoms with Gasteiger partial charge in [0.05, 0.1) is 5.16 Å². The lowest BCUT2D eigenvalue weighted by molar-refractivity contribution is -0.136. The summed E-state index contributed by atoms with van der Waals surface area (Å²) in [6.07, 6.45) is 0. The zero-order valence-electron chi connectivity index (χ0n) is 3.67. The van der Waals surface area contributed by atoms with Crippen molar-refractivity contribution in [3.63, 3.8) is 0 Å². The first-order valence-electron chi connectivity index (χ1n) is 1.62. The Morgan fingerprint density at radius 1 is 2.00 bits per heavy atom. The minimum absolute atomic E-state index is 1.22. The van der Waals surface area contributed by atoms with E-state index >= 15 is 0 Å². The molecule has 0 amide bonds. The number of alkyl halides is 1. The van der Waals surface area contributed by atoms with Crippen LogP contribution in [0.25, 0.3) is 0 Å². The Hall–Kier alpha value is -0.440. The standard InChI is InChI=1S/C3H2ClNO2S/c4-2(3(6)7)5-1-8/h2H,(H,6,7). The number of nitrogens with zero attached hydrogens (tertiary/aromatic N) is 1. The van der Waals surface area contributed by atoms with Crippen LogP contribution in [0, 0.1) is 0 Å². The normalized spacial score (nSPS) is 11.6. The minimum atomic E-state index is -1.28. The van der Waals surface area contributed by atoms with E-state index in [1.807, 2.05) is 5.16 Å². The van der Waals surface area contributed by atoms with Crippen LogP contribution in [-0.4, -0.2) is 21.7 Å². The number of carboxylic acids is 1. The van der Waals surface area contributed by atoms with Crippen LogP contribution in [0.4, 0.5) is 0 Å². The van der Waals surface area contributed by atoms with Crippen molar-refractivity contribution in [2.24, 2.45) is 4.99 Å². The highest BCUT2D eigenvalue weighted by molar-refractivity contribution is 7.78. The molecule has 5 heteroatoms. The van der Waals surface area contributed by atoms with Crippen LogP contribution in [0.5, 0.6) is 0 Å². The molecule has 1 N–H and O–H groups in total. The molecule has 0 rings (SSSR count). The third-order valence-electron chi connectivity index (χ3n) is 0.370. The lowest BCUT2D eigenvalue weighted by Gasteiger charge is -1.88. The van der Waals surface area contributed by atoms with Gasteiger partial charge in [0.15, 0.2) is 0 Å². The van der Waals surface area contributed by atoms with Crippen LogP contribution in [0.15, 0.2) is 4.99 Å². The Balaban J connectivity index is 3.82. The number of halogens is 1. The fourth-order valence-corrected chi connectivity index (χ4v) is 0.314. The summed E-state index contributed by atoms with van der Waals surface area (Å²) in [6, 6.07) is 0. The van der Waals surface area contributed by atoms with Gasteiger partial charge >= 0.3 is 5.97 Å². The number of hydrogen-bond donors (Lipinski definition) is 1. The molecule has 8 heavy (non-hydrogen) atoms. The lowest BCUT2D eigenvalue weighted by Crippen LogP contribution is -2.08. The van der Waals surface area contributed by atoms with Crippen LogP contribution in [0.1, 0.15) is 0 Å². The van der Waals surface area contributed by atoms with Gasteiger partial charge in [-0.1, -0.05) is 11.6 Å². The van der Waals surface area contributed by atoms with Crippen LogP contribution in [0.3, 0.4) is 0 Å². The van der Waals surface area contributed by atoms with Crippen molar-refractivity contribution < 1.29 is 9.90 Å². The highest BCUT2D eigenvalue weighted by Crippen LogP contribution is 1.94. The van der Waals surface area contributed by atoms with Gasteiger partial charge in [-0.25, -0.2) is 9.79 Å². The Morgan fingerprint density at radius 2 is 2.50 bits per heavy atom. The molecule has 0 aromatic carbocycles. The maximum atomic E-state index is 9.78. The SMILES string of the molecule is O=C(O)C(Cl)N=C=S. The first kappa shape index (κ1) is 7.56. The smallest absolute Gasteiger partial charge is 0.344 e. The van der Waals surface area contributed by atoms with Crippen LogP contribution >= 0.6 is 23.8 Å². The van der Waals surface area contributed by atoms with Gasteiger partial charge in [-0.2, -0.15) is 0 Å². The predicted octanol–water partition coefficient (Wildman–Crippen LogP) is 0.739. The van der Waals surface area contributed by atoms with Gasteiger partial charge < -0.3 is 5.11 Å². The largest absolute Gasteiger partial charge is 0.479 e. The number of carbonyl (C=O) groups is 1. The highest BCUT2D eigenvalue weighted by Gasteiger charge is 2.08. The summed E-state index contributed by atoms with van der Waals surface area (Å²) < 4.78 is 0. The summed E-state index contributed by atoms with van der Waals surface area (Å²) >= 11 is 9.10. The molecule has 0 fully saturated rings. The number of hydrogen-bond acceptors (Lipinski definition) is 3. The topological polar surface area (TPSA) is 49.7 Å². The van der Waals surface area contributed by atoms with Crippen molar-refractivity contribution in [1.29, 1.82) is 0 Å². The number of thiocarbonyl (C=S) groups is 1. The van der Waals surface area contributed by atoms with Gasteiger partial charge in [-0.05, 0) is 12.2 Å². The quantitative estimate of drug-likeness (QED) is 0.274. The molecule has 0 bridgehead atoms. The molecule has 0 saturated heterocycles. The van der Waals surface area contributed by atoms with Crippen molar-refractivity contribution in [3.8, 4) is 0 Å². The first-order valence-corrected chi connectivity index (χ1v) is 2.47. The highest BCUT2D eigenvalue weighted by atomic mass is 35.5. The van der Waals surface area contributed by atoms with E-state index in [9.17, 15) is 4.79 Å². The second-order valence-corrected chi connectivity index (χ2v) is 1.49. The molecule has 0 aliphatic heterocycles. The molecule has 0 radical (unpaired) electrons. The fraction of sp³-hybridized carbons (Fsp3) is 0.333. The Morgan fingerprint density at radius 3 is 2.62 bits per heavy atom. The minimum Gasteiger partial charge on any atom is -0.479 e. The van der Waals surface area contributed by atoms with Crippen molar-refractivity contribution in [2.75, 3.05) is 0 Å². The summed E-state index contributed by atoms with van der Waals surface area (Å²) in [5.41, 5.74) is -1.28. The zero-order chi connectivity index (χ0) is 6.57. The summed E-state index contributed by atoms with van der Waals surface area (Å²) in [6.45, 7) is 0. The van der Waals surface area contributed by atoms with E-state index < -0.39 is 11.5 Å². The van der Waals surface area contributed by atoms with Gasteiger partial charge in [-0.3, -0.25) is 0 Å². The second-order valence-electron chi connectivity index (χ2n) is 0.894. The van der Waals surface area contributed by atoms with E-state index in [2.05, 4.69) is 17.2 Å². The molecule has 3 nitrogen and oxygen atoms in total. The van der Waals surface area contributed by atoms with Gasteiger partial charge in [0.25, 0.3) is 0 Å². The molecule has 0 heterocycles. The Kier molecular flexibility index (Phi) is 3.35. The van der Waals surface area contributed by atoms with Gasteiger partial charge in [0.1, 0.15) is 0 Å². The number of rotatable bonds is 2.